The molecule has 112 valence electrons. The van der Waals surface area contributed by atoms with E-state index in [2.05, 4.69) is 12.2 Å². The molecule has 0 spiro atoms. The van der Waals surface area contributed by atoms with Crippen LogP contribution in [-0.2, 0) is 9.59 Å². The van der Waals surface area contributed by atoms with Gasteiger partial charge in [0.05, 0.1) is 0 Å². The van der Waals surface area contributed by atoms with Crippen LogP contribution in [-0.4, -0.2) is 35.8 Å². The minimum Gasteiger partial charge on any atom is -0.344 e. The molecule has 1 saturated heterocycles. The van der Waals surface area contributed by atoms with Gasteiger partial charge in [0.2, 0.25) is 11.8 Å². The van der Waals surface area contributed by atoms with Crippen LogP contribution in [0.1, 0.15) is 58.3 Å². The Balaban J connectivity index is 1.73. The van der Waals surface area contributed by atoms with E-state index in [1.54, 1.807) is 0 Å². The summed E-state index contributed by atoms with van der Waals surface area (Å²) in [6, 6.07) is -0.236. The van der Waals surface area contributed by atoms with Gasteiger partial charge in [0.1, 0.15) is 6.04 Å². The lowest BCUT2D eigenvalue weighted by molar-refractivity contribution is -0.135. The molecule has 3 aliphatic rings. The Morgan fingerprint density at radius 2 is 1.95 bits per heavy atom. The van der Waals surface area contributed by atoms with Gasteiger partial charge < -0.3 is 10.2 Å². The smallest absolute Gasteiger partial charge is 0.245 e. The van der Waals surface area contributed by atoms with E-state index in [1.165, 1.54) is 25.7 Å². The van der Waals surface area contributed by atoms with Gasteiger partial charge in [-0.25, -0.2) is 0 Å². The fourth-order valence-corrected chi connectivity index (χ4v) is 3.91. The van der Waals surface area contributed by atoms with E-state index in [-0.39, 0.29) is 17.9 Å². The van der Waals surface area contributed by atoms with Gasteiger partial charge in [-0.1, -0.05) is 19.8 Å². The molecule has 2 aliphatic carbocycles. The molecule has 1 aliphatic heterocycles. The van der Waals surface area contributed by atoms with E-state index in [0.717, 1.165) is 25.8 Å². The van der Waals surface area contributed by atoms with Crippen molar-refractivity contribution in [3.8, 4) is 0 Å². The number of nitrogens with one attached hydrogen (secondary N) is 1. The number of hydrogen-bond donors (Lipinski definition) is 1. The molecular formula is C16H26N2O2. The SMILES string of the molecule is CCC1(CN2CCC(=O)NC(C3CC3)C2=O)CCCC1. The summed E-state index contributed by atoms with van der Waals surface area (Å²) in [6.45, 7) is 3.71. The van der Waals surface area contributed by atoms with Crippen molar-refractivity contribution in [2.24, 2.45) is 11.3 Å². The molecule has 1 atom stereocenters. The number of carbonyl (C=O) groups is 2. The van der Waals surface area contributed by atoms with Crippen LogP contribution in [0.4, 0.5) is 0 Å². The van der Waals surface area contributed by atoms with Gasteiger partial charge >= 0.3 is 0 Å². The molecule has 1 unspecified atom stereocenters. The van der Waals surface area contributed by atoms with Crippen LogP contribution in [0.3, 0.4) is 0 Å². The van der Waals surface area contributed by atoms with Crippen molar-refractivity contribution in [3.63, 3.8) is 0 Å². The number of rotatable bonds is 4. The molecule has 4 nitrogen and oxygen atoms in total. The fraction of sp³-hybridized carbons (Fsp3) is 0.875. The van der Waals surface area contributed by atoms with Crippen molar-refractivity contribution in [3.05, 3.63) is 0 Å². The summed E-state index contributed by atoms with van der Waals surface area (Å²) in [5.74, 6) is 0.626. The van der Waals surface area contributed by atoms with Gasteiger partial charge in [0, 0.05) is 19.5 Å². The zero-order valence-electron chi connectivity index (χ0n) is 12.5. The first-order valence-corrected chi connectivity index (χ1v) is 8.22. The average molecular weight is 278 g/mol. The minimum atomic E-state index is -0.236. The molecule has 3 rings (SSSR count). The zero-order valence-corrected chi connectivity index (χ0v) is 12.5. The Kier molecular flexibility index (Phi) is 3.74. The van der Waals surface area contributed by atoms with Crippen molar-refractivity contribution < 1.29 is 9.59 Å². The Bertz CT molecular complexity index is 397. The maximum atomic E-state index is 12.7. The summed E-state index contributed by atoms with van der Waals surface area (Å²) in [5.41, 5.74) is 0.317. The Labute approximate surface area is 121 Å². The van der Waals surface area contributed by atoms with E-state index in [4.69, 9.17) is 0 Å². The largest absolute Gasteiger partial charge is 0.344 e. The van der Waals surface area contributed by atoms with E-state index < -0.39 is 0 Å². The highest BCUT2D eigenvalue weighted by Gasteiger charge is 2.43. The van der Waals surface area contributed by atoms with Crippen LogP contribution in [0.15, 0.2) is 0 Å². The molecule has 20 heavy (non-hydrogen) atoms. The number of hydrogen-bond acceptors (Lipinski definition) is 2. The normalized spacial score (nSPS) is 30.2. The lowest BCUT2D eigenvalue weighted by Gasteiger charge is -2.35. The average Bonchev–Trinajstić information content (AvgIpc) is 3.20. The third-order valence-electron chi connectivity index (χ3n) is 5.54. The van der Waals surface area contributed by atoms with E-state index in [1.807, 2.05) is 4.90 Å². The Hall–Kier alpha value is -1.06. The number of amides is 2. The third-order valence-corrected chi connectivity index (χ3v) is 5.54. The highest BCUT2D eigenvalue weighted by atomic mass is 16.2. The lowest BCUT2D eigenvalue weighted by atomic mass is 9.82. The molecule has 0 radical (unpaired) electrons. The Morgan fingerprint density at radius 1 is 1.25 bits per heavy atom. The summed E-state index contributed by atoms with van der Waals surface area (Å²) >= 11 is 0. The quantitative estimate of drug-likeness (QED) is 0.856. The predicted molar refractivity (Wildman–Crippen MR) is 77.0 cm³/mol. The van der Waals surface area contributed by atoms with Gasteiger partial charge in [-0.15, -0.1) is 0 Å². The first kappa shape index (κ1) is 13.9. The minimum absolute atomic E-state index is 0.0507. The van der Waals surface area contributed by atoms with Crippen molar-refractivity contribution in [1.82, 2.24) is 10.2 Å². The lowest BCUT2D eigenvalue weighted by Crippen LogP contribution is -2.48. The summed E-state index contributed by atoms with van der Waals surface area (Å²) in [7, 11) is 0. The first-order valence-electron chi connectivity index (χ1n) is 8.22. The molecular weight excluding hydrogens is 252 g/mol. The highest BCUT2D eigenvalue weighted by Crippen LogP contribution is 2.42. The molecule has 0 aromatic heterocycles. The van der Waals surface area contributed by atoms with E-state index in [0.29, 0.717) is 24.3 Å². The molecule has 0 bridgehead atoms. The molecule has 1 heterocycles. The summed E-state index contributed by atoms with van der Waals surface area (Å²) < 4.78 is 0. The topological polar surface area (TPSA) is 49.4 Å². The number of carbonyl (C=O) groups excluding carboxylic acids is 2. The van der Waals surface area contributed by atoms with E-state index in [9.17, 15) is 9.59 Å². The summed E-state index contributed by atoms with van der Waals surface area (Å²) in [5, 5.41) is 2.95. The van der Waals surface area contributed by atoms with Crippen molar-refractivity contribution in [1.29, 1.82) is 0 Å². The predicted octanol–water partition coefficient (Wildman–Crippen LogP) is 2.08. The van der Waals surface area contributed by atoms with Gasteiger partial charge in [-0.2, -0.15) is 0 Å². The maximum absolute atomic E-state index is 12.7. The molecule has 2 amide bonds. The van der Waals surface area contributed by atoms with Crippen LogP contribution in [0.25, 0.3) is 0 Å². The molecule has 3 fully saturated rings. The second-order valence-electron chi connectivity index (χ2n) is 6.95. The van der Waals surface area contributed by atoms with Crippen molar-refractivity contribution in [2.75, 3.05) is 13.1 Å². The highest BCUT2D eigenvalue weighted by molar-refractivity contribution is 5.90. The van der Waals surface area contributed by atoms with Gasteiger partial charge in [-0.05, 0) is 43.4 Å². The van der Waals surface area contributed by atoms with Crippen molar-refractivity contribution in [2.45, 2.75) is 64.3 Å². The fourth-order valence-electron chi connectivity index (χ4n) is 3.91. The van der Waals surface area contributed by atoms with Crippen LogP contribution < -0.4 is 5.32 Å². The standard InChI is InChI=1S/C16H26N2O2/c1-2-16(8-3-4-9-16)11-18-10-7-13(19)17-14(15(18)20)12-5-6-12/h12,14H,2-11H2,1H3,(H,17,19). The van der Waals surface area contributed by atoms with Crippen LogP contribution in [0.2, 0.25) is 0 Å². The summed E-state index contributed by atoms with van der Waals surface area (Å²) in [6.07, 6.45) is 8.84. The van der Waals surface area contributed by atoms with E-state index >= 15 is 0 Å². The second kappa shape index (κ2) is 5.38. The molecule has 0 aromatic rings. The Morgan fingerprint density at radius 3 is 2.55 bits per heavy atom. The molecule has 0 aromatic carbocycles. The monoisotopic (exact) mass is 278 g/mol. The maximum Gasteiger partial charge on any atom is 0.245 e. The van der Waals surface area contributed by atoms with Gasteiger partial charge in [0.25, 0.3) is 0 Å². The zero-order chi connectivity index (χ0) is 14.2. The molecule has 1 N–H and O–H groups in total. The molecule has 4 heteroatoms. The van der Waals surface area contributed by atoms with Gasteiger partial charge in [-0.3, -0.25) is 9.59 Å². The number of nitrogens with zero attached hydrogens (tertiary/aromatic N) is 1. The molecule has 2 saturated carbocycles. The van der Waals surface area contributed by atoms with Crippen LogP contribution in [0, 0.1) is 11.3 Å². The third kappa shape index (κ3) is 2.70. The van der Waals surface area contributed by atoms with Gasteiger partial charge in [0.15, 0.2) is 0 Å². The summed E-state index contributed by atoms with van der Waals surface area (Å²) in [4.78, 5) is 26.5. The second-order valence-corrected chi connectivity index (χ2v) is 6.95. The van der Waals surface area contributed by atoms with Crippen LogP contribution in [0.5, 0.6) is 0 Å². The van der Waals surface area contributed by atoms with Crippen molar-refractivity contribution >= 4 is 11.8 Å². The van der Waals surface area contributed by atoms with Crippen LogP contribution >= 0.6 is 0 Å². The first-order chi connectivity index (χ1) is 9.63.